The zero-order chi connectivity index (χ0) is 22.7. The van der Waals surface area contributed by atoms with Crippen LogP contribution < -0.4 is 27.4 Å². The Morgan fingerprint density at radius 2 is 1.57 bits per heavy atom. The van der Waals surface area contributed by atoms with E-state index in [-0.39, 0.29) is 25.0 Å². The van der Waals surface area contributed by atoms with Gasteiger partial charge in [-0.05, 0) is 24.1 Å². The van der Waals surface area contributed by atoms with E-state index < -0.39 is 54.8 Å². The molecule has 0 aliphatic rings. The number of rotatable bonds is 12. The number of amides is 4. The summed E-state index contributed by atoms with van der Waals surface area (Å²) in [5.74, 6) is -3.96. The fraction of sp³-hybridized carbons (Fsp3) is 0.389. The lowest BCUT2D eigenvalue weighted by molar-refractivity contribution is -0.138. The Morgan fingerprint density at radius 3 is 2.13 bits per heavy atom. The SMILES string of the molecule is NC(=O)CCC(N)C(=O)NCC(=O)NC(Cc1ccc(O)cc1)C(=O)NCC(=O)O. The maximum Gasteiger partial charge on any atom is 0.322 e. The van der Waals surface area contributed by atoms with Gasteiger partial charge in [-0.2, -0.15) is 0 Å². The van der Waals surface area contributed by atoms with Crippen molar-refractivity contribution in [3.05, 3.63) is 29.8 Å². The molecule has 0 fully saturated rings. The van der Waals surface area contributed by atoms with Crippen LogP contribution in [0, 0.1) is 0 Å². The van der Waals surface area contributed by atoms with E-state index in [2.05, 4.69) is 16.0 Å². The van der Waals surface area contributed by atoms with Gasteiger partial charge in [0.05, 0.1) is 12.6 Å². The molecule has 1 aromatic rings. The topological polar surface area (TPSA) is 214 Å². The van der Waals surface area contributed by atoms with Crippen molar-refractivity contribution in [2.45, 2.75) is 31.3 Å². The molecule has 0 saturated heterocycles. The van der Waals surface area contributed by atoms with Gasteiger partial charge >= 0.3 is 5.97 Å². The number of carbonyl (C=O) groups excluding carboxylic acids is 4. The first-order chi connectivity index (χ1) is 14.1. The van der Waals surface area contributed by atoms with E-state index in [9.17, 15) is 29.1 Å². The summed E-state index contributed by atoms with van der Waals surface area (Å²) < 4.78 is 0. The van der Waals surface area contributed by atoms with E-state index in [1.54, 1.807) is 12.1 Å². The first-order valence-electron chi connectivity index (χ1n) is 8.97. The quantitative estimate of drug-likeness (QED) is 0.188. The smallest absolute Gasteiger partial charge is 0.322 e. The second kappa shape index (κ2) is 12.0. The summed E-state index contributed by atoms with van der Waals surface area (Å²) in [6.07, 6.45) is -0.0490. The molecular weight excluding hydrogens is 398 g/mol. The largest absolute Gasteiger partial charge is 0.508 e. The normalized spacial score (nSPS) is 12.3. The fourth-order valence-corrected chi connectivity index (χ4v) is 2.34. The zero-order valence-corrected chi connectivity index (χ0v) is 16.1. The number of primary amides is 1. The van der Waals surface area contributed by atoms with E-state index in [4.69, 9.17) is 16.6 Å². The van der Waals surface area contributed by atoms with Gasteiger partial charge in [0, 0.05) is 12.8 Å². The molecule has 164 valence electrons. The molecule has 1 aromatic carbocycles. The number of carboxylic acid groups (broad SMARTS) is 1. The van der Waals surface area contributed by atoms with Crippen molar-refractivity contribution in [2.24, 2.45) is 11.5 Å². The van der Waals surface area contributed by atoms with Crippen LogP contribution in [0.3, 0.4) is 0 Å². The predicted molar refractivity (Wildman–Crippen MR) is 104 cm³/mol. The van der Waals surface area contributed by atoms with Crippen LogP contribution in [0.4, 0.5) is 0 Å². The lowest BCUT2D eigenvalue weighted by Crippen LogP contribution is -2.52. The molecule has 0 aromatic heterocycles. The maximum absolute atomic E-state index is 12.3. The molecule has 30 heavy (non-hydrogen) atoms. The molecule has 0 aliphatic heterocycles. The number of nitrogens with two attached hydrogens (primary N) is 2. The van der Waals surface area contributed by atoms with Crippen LogP contribution in [0.15, 0.2) is 24.3 Å². The number of phenols is 1. The van der Waals surface area contributed by atoms with Gasteiger partial charge in [0.1, 0.15) is 18.3 Å². The molecule has 1 rings (SSSR count). The molecule has 2 unspecified atom stereocenters. The number of nitrogens with one attached hydrogen (secondary N) is 3. The number of phenolic OH excluding ortho intramolecular Hbond substituents is 1. The number of benzene rings is 1. The van der Waals surface area contributed by atoms with Crippen molar-refractivity contribution in [3.8, 4) is 5.75 Å². The van der Waals surface area contributed by atoms with Crippen LogP contribution in [-0.4, -0.2) is 65.0 Å². The number of aliphatic carboxylic acids is 1. The highest BCUT2D eigenvalue weighted by molar-refractivity contribution is 5.92. The fourth-order valence-electron chi connectivity index (χ4n) is 2.34. The second-order valence-electron chi connectivity index (χ2n) is 6.43. The van der Waals surface area contributed by atoms with Gasteiger partial charge in [0.15, 0.2) is 0 Å². The summed E-state index contributed by atoms with van der Waals surface area (Å²) in [5, 5.41) is 24.9. The third-order valence-corrected chi connectivity index (χ3v) is 3.90. The molecule has 0 saturated carbocycles. The van der Waals surface area contributed by atoms with Crippen molar-refractivity contribution in [1.29, 1.82) is 0 Å². The molecule has 0 spiro atoms. The maximum atomic E-state index is 12.3. The summed E-state index contributed by atoms with van der Waals surface area (Å²) in [4.78, 5) is 57.6. The summed E-state index contributed by atoms with van der Waals surface area (Å²) in [7, 11) is 0. The molecule has 0 bridgehead atoms. The van der Waals surface area contributed by atoms with Crippen LogP contribution >= 0.6 is 0 Å². The van der Waals surface area contributed by atoms with Crippen molar-refractivity contribution < 1.29 is 34.2 Å². The zero-order valence-electron chi connectivity index (χ0n) is 16.1. The second-order valence-corrected chi connectivity index (χ2v) is 6.43. The lowest BCUT2D eigenvalue weighted by atomic mass is 10.0. The van der Waals surface area contributed by atoms with Crippen LogP contribution in [0.1, 0.15) is 18.4 Å². The van der Waals surface area contributed by atoms with Crippen LogP contribution in [0.2, 0.25) is 0 Å². The Bertz CT molecular complexity index is 782. The highest BCUT2D eigenvalue weighted by Gasteiger charge is 2.22. The Kier molecular flexibility index (Phi) is 9.76. The Morgan fingerprint density at radius 1 is 0.967 bits per heavy atom. The summed E-state index contributed by atoms with van der Waals surface area (Å²) in [5.41, 5.74) is 11.2. The third-order valence-electron chi connectivity index (χ3n) is 3.90. The van der Waals surface area contributed by atoms with Gasteiger partial charge < -0.3 is 37.6 Å². The third kappa shape index (κ3) is 9.50. The number of carbonyl (C=O) groups is 5. The first-order valence-corrected chi connectivity index (χ1v) is 8.97. The van der Waals surface area contributed by atoms with Gasteiger partial charge in [-0.15, -0.1) is 0 Å². The van der Waals surface area contributed by atoms with Crippen LogP contribution in [0.25, 0.3) is 0 Å². The summed E-state index contributed by atoms with van der Waals surface area (Å²) >= 11 is 0. The molecule has 0 aliphatic carbocycles. The van der Waals surface area contributed by atoms with Crippen LogP contribution in [0.5, 0.6) is 5.75 Å². The molecule has 0 radical (unpaired) electrons. The van der Waals surface area contributed by atoms with Gasteiger partial charge in [0.25, 0.3) is 0 Å². The number of aromatic hydroxyl groups is 1. The summed E-state index contributed by atoms with van der Waals surface area (Å²) in [6, 6.07) is 3.73. The van der Waals surface area contributed by atoms with Crippen molar-refractivity contribution in [3.63, 3.8) is 0 Å². The summed E-state index contributed by atoms with van der Waals surface area (Å²) in [6.45, 7) is -1.12. The highest BCUT2D eigenvalue weighted by atomic mass is 16.4. The molecule has 12 nitrogen and oxygen atoms in total. The van der Waals surface area contributed by atoms with Crippen molar-refractivity contribution in [1.82, 2.24) is 16.0 Å². The van der Waals surface area contributed by atoms with E-state index in [1.807, 2.05) is 0 Å². The van der Waals surface area contributed by atoms with E-state index in [0.717, 1.165) is 0 Å². The lowest BCUT2D eigenvalue weighted by Gasteiger charge is -2.19. The predicted octanol–water partition coefficient (Wildman–Crippen LogP) is -2.67. The average molecular weight is 423 g/mol. The van der Waals surface area contributed by atoms with Crippen LogP contribution in [-0.2, 0) is 30.4 Å². The minimum atomic E-state index is -1.25. The first kappa shape index (κ1) is 24.4. The Labute approximate surface area is 172 Å². The minimum absolute atomic E-state index is 0.0174. The molecule has 12 heteroatoms. The molecule has 0 heterocycles. The standard InChI is InChI=1S/C18H25N5O7/c19-12(5-6-14(20)25)17(29)21-8-15(26)23-13(18(30)22-9-16(27)28)7-10-1-3-11(24)4-2-10/h1-4,12-13,24H,5-9,19H2,(H2,20,25)(H,21,29)(H,22,30)(H,23,26)(H,27,28). The van der Waals surface area contributed by atoms with Gasteiger partial charge in [-0.25, -0.2) is 0 Å². The minimum Gasteiger partial charge on any atom is -0.508 e. The van der Waals surface area contributed by atoms with E-state index in [1.165, 1.54) is 12.1 Å². The highest BCUT2D eigenvalue weighted by Crippen LogP contribution is 2.11. The van der Waals surface area contributed by atoms with Crippen molar-refractivity contribution in [2.75, 3.05) is 13.1 Å². The molecule has 2 atom stereocenters. The average Bonchev–Trinajstić information content (AvgIpc) is 2.69. The van der Waals surface area contributed by atoms with Gasteiger partial charge in [0.2, 0.25) is 23.6 Å². The van der Waals surface area contributed by atoms with E-state index >= 15 is 0 Å². The molecular formula is C18H25N5O7. The van der Waals surface area contributed by atoms with Gasteiger partial charge in [-0.3, -0.25) is 24.0 Å². The van der Waals surface area contributed by atoms with Gasteiger partial charge in [-0.1, -0.05) is 12.1 Å². The molecule has 4 amide bonds. The number of carboxylic acids is 1. The van der Waals surface area contributed by atoms with Crippen molar-refractivity contribution >= 4 is 29.6 Å². The molecule has 9 N–H and O–H groups in total. The Hall–Kier alpha value is -3.67. The Balaban J connectivity index is 2.67. The number of hydrogen-bond donors (Lipinski definition) is 7. The number of hydrogen-bond acceptors (Lipinski definition) is 7. The monoisotopic (exact) mass is 423 g/mol. The van der Waals surface area contributed by atoms with E-state index in [0.29, 0.717) is 5.56 Å².